The number of ether oxygens (including phenoxy) is 1. The molecule has 1 aromatic carbocycles. The topological polar surface area (TPSA) is 137 Å². The number of nitrogens with zero attached hydrogens (tertiary/aromatic N) is 2. The fourth-order valence-corrected chi connectivity index (χ4v) is 2.07. The number of aromatic nitrogens is 2. The van der Waals surface area contributed by atoms with Crippen molar-refractivity contribution in [3.63, 3.8) is 0 Å². The molecule has 0 aliphatic heterocycles. The van der Waals surface area contributed by atoms with Gasteiger partial charge in [0.25, 0.3) is 11.8 Å². The van der Waals surface area contributed by atoms with Gasteiger partial charge < -0.3 is 19.0 Å². The van der Waals surface area contributed by atoms with E-state index in [4.69, 9.17) is 8.94 Å². The van der Waals surface area contributed by atoms with Crippen LogP contribution in [-0.2, 0) is 4.74 Å². The Bertz CT molecular complexity index is 989. The third-order valence-electron chi connectivity index (χ3n) is 3.38. The number of carbonyl (C=O) groups is 3. The van der Waals surface area contributed by atoms with E-state index >= 15 is 0 Å². The van der Waals surface area contributed by atoms with Crippen LogP contribution in [0.15, 0.2) is 45.5 Å². The summed E-state index contributed by atoms with van der Waals surface area (Å²) in [6.45, 7) is 1.65. The molecule has 0 aliphatic rings. The van der Waals surface area contributed by atoms with Gasteiger partial charge in [-0.3, -0.25) is 14.9 Å². The molecule has 3 aromatic rings. The van der Waals surface area contributed by atoms with E-state index in [1.54, 1.807) is 19.1 Å². The average Bonchev–Trinajstić information content (AvgIpc) is 3.31. The first kappa shape index (κ1) is 17.9. The lowest BCUT2D eigenvalue weighted by Gasteiger charge is -2.04. The third kappa shape index (κ3) is 4.18. The highest BCUT2D eigenvalue weighted by Crippen LogP contribution is 2.14. The lowest BCUT2D eigenvalue weighted by Crippen LogP contribution is -2.14. The number of hydrogen-bond donors (Lipinski definition) is 2. The number of oxazole rings is 1. The van der Waals surface area contributed by atoms with Crippen LogP contribution in [0, 0.1) is 6.92 Å². The first-order chi connectivity index (χ1) is 13.0. The Kier molecular flexibility index (Phi) is 4.97. The van der Waals surface area contributed by atoms with Crippen LogP contribution in [0.3, 0.4) is 0 Å². The Labute approximate surface area is 152 Å². The Hall–Kier alpha value is -3.95. The second kappa shape index (κ2) is 7.52. The van der Waals surface area contributed by atoms with Crippen molar-refractivity contribution in [2.75, 3.05) is 17.7 Å². The number of aryl methyl sites for hydroxylation is 1. The van der Waals surface area contributed by atoms with Gasteiger partial charge in [0.2, 0.25) is 0 Å². The first-order valence-electron chi connectivity index (χ1n) is 7.66. The third-order valence-corrected chi connectivity index (χ3v) is 3.38. The van der Waals surface area contributed by atoms with E-state index in [1.807, 2.05) is 0 Å². The summed E-state index contributed by atoms with van der Waals surface area (Å²) in [5, 5.41) is 8.52. The molecule has 2 heterocycles. The van der Waals surface area contributed by atoms with E-state index < -0.39 is 17.8 Å². The quantitative estimate of drug-likeness (QED) is 0.653. The van der Waals surface area contributed by atoms with Crippen LogP contribution in [0.4, 0.5) is 11.7 Å². The van der Waals surface area contributed by atoms with Gasteiger partial charge in [-0.05, 0) is 31.2 Å². The van der Waals surface area contributed by atoms with Gasteiger partial charge >= 0.3 is 12.0 Å². The van der Waals surface area contributed by atoms with Gasteiger partial charge in [0.1, 0.15) is 12.0 Å². The molecule has 0 saturated carbocycles. The van der Waals surface area contributed by atoms with Crippen LogP contribution in [0.2, 0.25) is 0 Å². The standard InChI is InChI=1S/C17H14N4O6/c1-9-7-12(21-27-9)14(22)20-17-19-13(8-26-17)15(23)18-11-5-3-10(4-6-11)16(24)25-2/h3-8H,1-2H3,(H,18,23)(H,19,20,22). The molecule has 2 amide bonds. The zero-order valence-electron chi connectivity index (χ0n) is 14.3. The normalized spacial score (nSPS) is 10.3. The van der Waals surface area contributed by atoms with Gasteiger partial charge in [0, 0.05) is 11.8 Å². The molecule has 10 nitrogen and oxygen atoms in total. The fourth-order valence-electron chi connectivity index (χ4n) is 2.07. The van der Waals surface area contributed by atoms with Crippen LogP contribution < -0.4 is 10.6 Å². The van der Waals surface area contributed by atoms with Crippen molar-refractivity contribution < 1.29 is 28.1 Å². The molecule has 0 spiro atoms. The summed E-state index contributed by atoms with van der Waals surface area (Å²) in [4.78, 5) is 39.4. The van der Waals surface area contributed by atoms with E-state index in [0.29, 0.717) is 17.0 Å². The van der Waals surface area contributed by atoms with Crippen molar-refractivity contribution in [2.24, 2.45) is 0 Å². The number of amides is 2. The van der Waals surface area contributed by atoms with Crippen molar-refractivity contribution in [3.05, 3.63) is 59.3 Å². The maximum atomic E-state index is 12.2. The van der Waals surface area contributed by atoms with E-state index in [9.17, 15) is 14.4 Å². The number of nitrogens with one attached hydrogen (secondary N) is 2. The number of carbonyl (C=O) groups excluding carboxylic acids is 3. The molecule has 0 fully saturated rings. The smallest absolute Gasteiger partial charge is 0.337 e. The largest absolute Gasteiger partial charge is 0.465 e. The van der Waals surface area contributed by atoms with Crippen LogP contribution in [0.5, 0.6) is 0 Å². The highest BCUT2D eigenvalue weighted by molar-refractivity contribution is 6.04. The molecule has 0 aliphatic carbocycles. The zero-order chi connectivity index (χ0) is 19.4. The summed E-state index contributed by atoms with van der Waals surface area (Å²) in [5.41, 5.74) is 0.811. The van der Waals surface area contributed by atoms with Crippen molar-refractivity contribution >= 4 is 29.5 Å². The number of methoxy groups -OCH3 is 1. The van der Waals surface area contributed by atoms with E-state index in [2.05, 4.69) is 25.5 Å². The molecular weight excluding hydrogens is 356 g/mol. The van der Waals surface area contributed by atoms with Crippen LogP contribution in [-0.4, -0.2) is 35.0 Å². The molecule has 10 heteroatoms. The van der Waals surface area contributed by atoms with E-state index in [0.717, 1.165) is 6.26 Å². The van der Waals surface area contributed by atoms with Crippen molar-refractivity contribution in [3.8, 4) is 0 Å². The second-order valence-electron chi connectivity index (χ2n) is 5.34. The average molecular weight is 370 g/mol. The van der Waals surface area contributed by atoms with E-state index in [-0.39, 0.29) is 17.4 Å². The molecule has 0 bridgehead atoms. The maximum Gasteiger partial charge on any atom is 0.337 e. The summed E-state index contributed by atoms with van der Waals surface area (Å²) in [6, 6.07) is 7.39. The van der Waals surface area contributed by atoms with Crippen LogP contribution in [0.1, 0.15) is 37.1 Å². The number of rotatable bonds is 5. The molecule has 2 N–H and O–H groups in total. The number of anilines is 2. The molecule has 0 saturated heterocycles. The molecule has 0 atom stereocenters. The highest BCUT2D eigenvalue weighted by Gasteiger charge is 2.17. The summed E-state index contributed by atoms with van der Waals surface area (Å²) >= 11 is 0. The summed E-state index contributed by atoms with van der Waals surface area (Å²) < 4.78 is 14.5. The fraction of sp³-hybridized carbons (Fsp3) is 0.118. The predicted molar refractivity (Wildman–Crippen MR) is 91.4 cm³/mol. The Morgan fingerprint density at radius 2 is 1.74 bits per heavy atom. The SMILES string of the molecule is COC(=O)c1ccc(NC(=O)c2coc(NC(=O)c3cc(C)on3)n2)cc1. The highest BCUT2D eigenvalue weighted by atomic mass is 16.5. The lowest BCUT2D eigenvalue weighted by atomic mass is 10.2. The van der Waals surface area contributed by atoms with Gasteiger partial charge in [-0.25, -0.2) is 4.79 Å². The summed E-state index contributed by atoms with van der Waals surface area (Å²) in [6.07, 6.45) is 1.10. The first-order valence-corrected chi connectivity index (χ1v) is 7.66. The monoisotopic (exact) mass is 370 g/mol. The van der Waals surface area contributed by atoms with E-state index in [1.165, 1.54) is 25.3 Å². The van der Waals surface area contributed by atoms with Gasteiger partial charge in [-0.1, -0.05) is 5.16 Å². The lowest BCUT2D eigenvalue weighted by molar-refractivity contribution is 0.0600. The second-order valence-corrected chi connectivity index (χ2v) is 5.34. The Morgan fingerprint density at radius 3 is 2.37 bits per heavy atom. The summed E-state index contributed by atoms with van der Waals surface area (Å²) in [7, 11) is 1.28. The number of hydrogen-bond acceptors (Lipinski definition) is 8. The van der Waals surface area contributed by atoms with Gasteiger partial charge in [0.15, 0.2) is 11.4 Å². The van der Waals surface area contributed by atoms with Crippen molar-refractivity contribution in [1.29, 1.82) is 0 Å². The molecular formula is C17H14N4O6. The predicted octanol–water partition coefficient (Wildman–Crippen LogP) is 2.26. The van der Waals surface area contributed by atoms with Gasteiger partial charge in [-0.2, -0.15) is 4.98 Å². The van der Waals surface area contributed by atoms with Crippen LogP contribution >= 0.6 is 0 Å². The zero-order valence-corrected chi connectivity index (χ0v) is 14.3. The van der Waals surface area contributed by atoms with Crippen molar-refractivity contribution in [1.82, 2.24) is 10.1 Å². The minimum absolute atomic E-state index is 0.0429. The minimum Gasteiger partial charge on any atom is -0.465 e. The molecule has 27 heavy (non-hydrogen) atoms. The molecule has 3 rings (SSSR count). The minimum atomic E-state index is -0.584. The summed E-state index contributed by atoms with van der Waals surface area (Å²) in [5.74, 6) is -1.14. The molecule has 138 valence electrons. The van der Waals surface area contributed by atoms with Gasteiger partial charge in [-0.15, -0.1) is 0 Å². The number of esters is 1. The maximum absolute atomic E-state index is 12.2. The molecule has 2 aromatic heterocycles. The number of benzene rings is 1. The molecule has 0 radical (unpaired) electrons. The van der Waals surface area contributed by atoms with Gasteiger partial charge in [0.05, 0.1) is 12.7 Å². The molecule has 0 unspecified atom stereocenters. The van der Waals surface area contributed by atoms with Crippen LogP contribution in [0.25, 0.3) is 0 Å². The van der Waals surface area contributed by atoms with Crippen molar-refractivity contribution in [2.45, 2.75) is 6.92 Å². The Morgan fingerprint density at radius 1 is 1.04 bits per heavy atom. The Balaban J connectivity index is 1.62.